The second-order valence-electron chi connectivity index (χ2n) is 9.27. The van der Waals surface area contributed by atoms with Gasteiger partial charge in [-0.05, 0) is 56.6 Å². The predicted octanol–water partition coefficient (Wildman–Crippen LogP) is 4.40. The lowest BCUT2D eigenvalue weighted by atomic mass is 10.0. The van der Waals surface area contributed by atoms with Crippen molar-refractivity contribution in [3.05, 3.63) is 52.8 Å². The molecular formula is C26H27N5O3. The van der Waals surface area contributed by atoms with Crippen LogP contribution < -0.4 is 5.69 Å². The molecule has 0 spiro atoms. The molecule has 34 heavy (non-hydrogen) atoms. The van der Waals surface area contributed by atoms with Gasteiger partial charge in [-0.1, -0.05) is 6.08 Å². The number of pyridine rings is 2. The number of nitrogens with zero attached hydrogens (tertiary/aromatic N) is 4. The number of aromatic nitrogens is 5. The molecule has 0 radical (unpaired) electrons. The molecule has 4 aromatic rings. The van der Waals surface area contributed by atoms with Crippen molar-refractivity contribution in [1.82, 2.24) is 24.1 Å². The highest BCUT2D eigenvalue weighted by atomic mass is 16.5. The van der Waals surface area contributed by atoms with Gasteiger partial charge in [-0.3, -0.25) is 9.36 Å². The lowest BCUT2D eigenvalue weighted by Crippen LogP contribution is -2.29. The molecule has 1 saturated heterocycles. The molecule has 1 aliphatic heterocycles. The number of nitrogens with one attached hydrogen (secondary N) is 1. The van der Waals surface area contributed by atoms with Gasteiger partial charge in [-0.15, -0.1) is 0 Å². The van der Waals surface area contributed by atoms with Crippen LogP contribution in [0.5, 0.6) is 0 Å². The minimum absolute atomic E-state index is 0.0123. The summed E-state index contributed by atoms with van der Waals surface area (Å²) in [6.45, 7) is 2.15. The first-order chi connectivity index (χ1) is 16.7. The van der Waals surface area contributed by atoms with Gasteiger partial charge in [0.05, 0.1) is 5.52 Å². The smallest absolute Gasteiger partial charge is 0.334 e. The number of carbonyl (C=O) groups is 1. The molecule has 5 heterocycles. The fourth-order valence-electron chi connectivity index (χ4n) is 5.21. The van der Waals surface area contributed by atoms with Crippen molar-refractivity contribution in [1.29, 1.82) is 0 Å². The molecule has 1 fully saturated rings. The fraction of sp³-hybridized carbons (Fsp3) is 0.385. The highest BCUT2D eigenvalue weighted by Gasteiger charge is 2.23. The normalized spacial score (nSPS) is 17.4. The summed E-state index contributed by atoms with van der Waals surface area (Å²) < 4.78 is 9.25. The first kappa shape index (κ1) is 21.0. The number of fused-ring (bicyclic) bond motifs is 2. The number of ether oxygens (including phenoxy) is 1. The van der Waals surface area contributed by atoms with Crippen molar-refractivity contribution in [3.63, 3.8) is 0 Å². The Bertz CT molecular complexity index is 1470. The van der Waals surface area contributed by atoms with Crippen LogP contribution in [0.2, 0.25) is 0 Å². The zero-order valence-electron chi connectivity index (χ0n) is 19.0. The van der Waals surface area contributed by atoms with Crippen molar-refractivity contribution in [2.45, 2.75) is 45.1 Å². The van der Waals surface area contributed by atoms with Crippen molar-refractivity contribution in [2.75, 3.05) is 13.2 Å². The summed E-state index contributed by atoms with van der Waals surface area (Å²) in [5.74, 6) is 0.405. The van der Waals surface area contributed by atoms with Crippen LogP contribution in [0.1, 0.15) is 48.9 Å². The predicted molar refractivity (Wildman–Crippen MR) is 131 cm³/mol. The molecule has 0 saturated carbocycles. The lowest BCUT2D eigenvalue weighted by Gasteiger charge is -2.22. The van der Waals surface area contributed by atoms with E-state index in [4.69, 9.17) is 9.72 Å². The topological polar surface area (TPSA) is 94.8 Å². The zero-order valence-corrected chi connectivity index (χ0v) is 19.0. The average Bonchev–Trinajstić information content (AvgIpc) is 3.42. The molecule has 8 heteroatoms. The van der Waals surface area contributed by atoms with E-state index >= 15 is 0 Å². The molecule has 6 rings (SSSR count). The number of allylic oxidation sites excluding steroid dienone is 2. The number of carbonyl (C=O) groups excluding carboxylic acids is 1. The van der Waals surface area contributed by atoms with Gasteiger partial charge < -0.3 is 9.72 Å². The van der Waals surface area contributed by atoms with Crippen LogP contribution in [-0.4, -0.2) is 43.6 Å². The molecule has 0 atom stereocenters. The third-order valence-electron chi connectivity index (χ3n) is 7.13. The first-order valence-electron chi connectivity index (χ1n) is 12.0. The van der Waals surface area contributed by atoms with Gasteiger partial charge in [-0.2, -0.15) is 0 Å². The maximum absolute atomic E-state index is 13.7. The zero-order chi connectivity index (χ0) is 23.1. The summed E-state index contributed by atoms with van der Waals surface area (Å²) >= 11 is 0. The largest absolute Gasteiger partial charge is 0.381 e. The summed E-state index contributed by atoms with van der Waals surface area (Å²) in [5, 5.41) is 0.775. The summed E-state index contributed by atoms with van der Waals surface area (Å²) in [7, 11) is 0. The SMILES string of the molecule is O=Cc1c[nH]c2ncc(-c3cnc4c(c3)n(CC3CCOCC3)c(=O)n4C3=CCCCC3)cc12. The Morgan fingerprint density at radius 2 is 1.94 bits per heavy atom. The van der Waals surface area contributed by atoms with Crippen LogP contribution in [0.25, 0.3) is 39.0 Å². The standard InChI is InChI=1S/C26H27N5O3/c32-16-20-14-28-24-22(20)10-18(12-27-24)19-11-23-25(29-13-19)31(21-4-2-1-3-5-21)26(33)30(23)15-17-6-8-34-9-7-17/h4,10-14,16-17H,1-3,5-9,15H2,(H,27,28). The molecule has 0 aromatic carbocycles. The van der Waals surface area contributed by atoms with Crippen LogP contribution in [-0.2, 0) is 11.3 Å². The number of aldehydes is 1. The fourth-order valence-corrected chi connectivity index (χ4v) is 5.21. The van der Waals surface area contributed by atoms with Crippen LogP contribution in [0.3, 0.4) is 0 Å². The first-order valence-corrected chi connectivity index (χ1v) is 12.0. The molecule has 174 valence electrons. The monoisotopic (exact) mass is 457 g/mol. The van der Waals surface area contributed by atoms with Gasteiger partial charge in [0.1, 0.15) is 5.65 Å². The van der Waals surface area contributed by atoms with E-state index in [1.54, 1.807) is 18.6 Å². The van der Waals surface area contributed by atoms with E-state index in [9.17, 15) is 9.59 Å². The van der Waals surface area contributed by atoms with E-state index in [0.717, 1.165) is 85.8 Å². The minimum atomic E-state index is -0.0123. The Morgan fingerprint density at radius 3 is 2.74 bits per heavy atom. The van der Waals surface area contributed by atoms with E-state index in [0.29, 0.717) is 29.3 Å². The second-order valence-corrected chi connectivity index (χ2v) is 9.27. The maximum atomic E-state index is 13.7. The summed E-state index contributed by atoms with van der Waals surface area (Å²) in [5.41, 5.74) is 5.56. The third kappa shape index (κ3) is 3.58. The second kappa shape index (κ2) is 8.68. The molecule has 1 N–H and O–H groups in total. The van der Waals surface area contributed by atoms with Gasteiger partial charge >= 0.3 is 5.69 Å². The van der Waals surface area contributed by atoms with Gasteiger partial charge in [0.2, 0.25) is 0 Å². The maximum Gasteiger partial charge on any atom is 0.334 e. The number of H-pyrrole nitrogens is 1. The third-order valence-corrected chi connectivity index (χ3v) is 7.13. The van der Waals surface area contributed by atoms with E-state index in [1.165, 1.54) is 0 Å². The quantitative estimate of drug-likeness (QED) is 0.449. The van der Waals surface area contributed by atoms with Crippen molar-refractivity contribution in [2.24, 2.45) is 5.92 Å². The molecule has 0 unspecified atom stereocenters. The Labute approximate surface area is 196 Å². The summed E-state index contributed by atoms with van der Waals surface area (Å²) in [6, 6.07) is 3.99. The Morgan fingerprint density at radius 1 is 1.12 bits per heavy atom. The highest BCUT2D eigenvalue weighted by molar-refractivity contribution is 5.97. The molecule has 4 aromatic heterocycles. The van der Waals surface area contributed by atoms with Crippen molar-refractivity contribution >= 4 is 34.2 Å². The van der Waals surface area contributed by atoms with Gasteiger partial charge in [-0.25, -0.2) is 19.3 Å². The number of imidazole rings is 1. The van der Waals surface area contributed by atoms with Crippen molar-refractivity contribution < 1.29 is 9.53 Å². The molecule has 0 bridgehead atoms. The Hall–Kier alpha value is -3.52. The van der Waals surface area contributed by atoms with E-state index in [2.05, 4.69) is 16.0 Å². The summed E-state index contributed by atoms with van der Waals surface area (Å²) in [4.78, 5) is 37.4. The lowest BCUT2D eigenvalue weighted by molar-refractivity contribution is 0.0613. The average molecular weight is 458 g/mol. The number of rotatable bonds is 5. The number of hydrogen-bond acceptors (Lipinski definition) is 5. The Balaban J connectivity index is 1.50. The molecule has 2 aliphatic rings. The number of hydrogen-bond donors (Lipinski definition) is 1. The van der Waals surface area contributed by atoms with Crippen LogP contribution in [0, 0.1) is 5.92 Å². The van der Waals surface area contributed by atoms with Gasteiger partial charge in [0.15, 0.2) is 11.9 Å². The number of aromatic amines is 1. The molecule has 1 aliphatic carbocycles. The Kier molecular flexibility index (Phi) is 5.37. The summed E-state index contributed by atoms with van der Waals surface area (Å²) in [6.07, 6.45) is 14.3. The van der Waals surface area contributed by atoms with Crippen LogP contribution in [0.15, 0.2) is 41.6 Å². The van der Waals surface area contributed by atoms with Crippen molar-refractivity contribution in [3.8, 4) is 11.1 Å². The molecular weight excluding hydrogens is 430 g/mol. The highest BCUT2D eigenvalue weighted by Crippen LogP contribution is 2.29. The van der Waals surface area contributed by atoms with E-state index in [-0.39, 0.29) is 5.69 Å². The van der Waals surface area contributed by atoms with E-state index < -0.39 is 0 Å². The van der Waals surface area contributed by atoms with E-state index in [1.807, 2.05) is 21.3 Å². The molecule has 0 amide bonds. The van der Waals surface area contributed by atoms with Crippen LogP contribution in [0.4, 0.5) is 0 Å². The van der Waals surface area contributed by atoms with Gasteiger partial charge in [0.25, 0.3) is 0 Å². The van der Waals surface area contributed by atoms with Gasteiger partial charge in [0, 0.05) is 66.1 Å². The van der Waals surface area contributed by atoms with Crippen LogP contribution >= 0.6 is 0 Å². The molecule has 8 nitrogen and oxygen atoms in total. The minimum Gasteiger partial charge on any atom is -0.381 e.